The van der Waals surface area contributed by atoms with E-state index in [1.54, 1.807) is 0 Å². The molecule has 1 atom stereocenters. The van der Waals surface area contributed by atoms with Gasteiger partial charge >= 0.3 is 0 Å². The maximum absolute atomic E-state index is 12.8. The first-order chi connectivity index (χ1) is 10.4. The third-order valence-electron chi connectivity index (χ3n) is 3.76. The molecule has 0 spiro atoms. The van der Waals surface area contributed by atoms with Crippen LogP contribution in [0, 0.1) is 0 Å². The second-order valence-electron chi connectivity index (χ2n) is 5.09. The molecule has 1 N–H and O–H groups in total. The lowest BCUT2D eigenvalue weighted by Gasteiger charge is -2.33. The topological polar surface area (TPSA) is 83.1 Å². The molecular formula is C14H14ClN3O3S. The first kappa shape index (κ1) is 15.1. The van der Waals surface area contributed by atoms with E-state index in [0.29, 0.717) is 29.1 Å². The zero-order chi connectivity index (χ0) is 15.9. The SMILES string of the molecule is CCC1Cc2[nH]ncc2C(=O)N1S(=O)(=O)c1ccc(Cl)cc1. The van der Waals surface area contributed by atoms with E-state index < -0.39 is 22.0 Å². The molecule has 1 aromatic heterocycles. The summed E-state index contributed by atoms with van der Waals surface area (Å²) in [6, 6.07) is 5.37. The normalized spacial score (nSPS) is 18.4. The molecule has 8 heteroatoms. The number of aromatic nitrogens is 2. The van der Waals surface area contributed by atoms with Gasteiger partial charge in [0.2, 0.25) is 0 Å². The summed E-state index contributed by atoms with van der Waals surface area (Å²) in [5.41, 5.74) is 0.988. The fraction of sp³-hybridized carbons (Fsp3) is 0.286. The highest BCUT2D eigenvalue weighted by molar-refractivity contribution is 7.89. The largest absolute Gasteiger partial charge is 0.282 e. The first-order valence-corrected chi connectivity index (χ1v) is 8.63. The maximum Gasteiger partial charge on any atom is 0.271 e. The molecule has 0 aliphatic carbocycles. The number of carbonyl (C=O) groups excluding carboxylic acids is 1. The molecule has 1 aliphatic rings. The minimum atomic E-state index is -3.93. The van der Waals surface area contributed by atoms with E-state index in [2.05, 4.69) is 10.2 Å². The molecule has 2 heterocycles. The molecule has 3 rings (SSSR count). The van der Waals surface area contributed by atoms with Gasteiger partial charge in [0.1, 0.15) is 0 Å². The Morgan fingerprint density at radius 2 is 2.05 bits per heavy atom. The molecule has 0 saturated heterocycles. The van der Waals surface area contributed by atoms with Crippen LogP contribution in [0.2, 0.25) is 5.02 Å². The van der Waals surface area contributed by atoms with Gasteiger partial charge in [0.05, 0.1) is 28.4 Å². The fourth-order valence-corrected chi connectivity index (χ4v) is 4.36. The number of hydrogen-bond donors (Lipinski definition) is 1. The molecule has 0 radical (unpaired) electrons. The van der Waals surface area contributed by atoms with Crippen LogP contribution in [0.3, 0.4) is 0 Å². The zero-order valence-electron chi connectivity index (χ0n) is 11.8. The van der Waals surface area contributed by atoms with Crippen molar-refractivity contribution in [2.45, 2.75) is 30.7 Å². The van der Waals surface area contributed by atoms with Crippen LogP contribution in [-0.4, -0.2) is 34.9 Å². The Hall–Kier alpha value is -1.86. The lowest BCUT2D eigenvalue weighted by molar-refractivity contribution is 0.0798. The van der Waals surface area contributed by atoms with Crippen molar-refractivity contribution in [1.29, 1.82) is 0 Å². The van der Waals surface area contributed by atoms with Crippen LogP contribution in [0.4, 0.5) is 0 Å². The number of hydrogen-bond acceptors (Lipinski definition) is 4. The minimum Gasteiger partial charge on any atom is -0.282 e. The van der Waals surface area contributed by atoms with E-state index in [9.17, 15) is 13.2 Å². The van der Waals surface area contributed by atoms with Gasteiger partial charge in [0.15, 0.2) is 0 Å². The van der Waals surface area contributed by atoms with E-state index >= 15 is 0 Å². The van der Waals surface area contributed by atoms with Gasteiger partial charge in [-0.3, -0.25) is 9.89 Å². The summed E-state index contributed by atoms with van der Waals surface area (Å²) in [5.74, 6) is -0.545. The number of benzene rings is 1. The van der Waals surface area contributed by atoms with Gasteiger partial charge in [-0.2, -0.15) is 5.10 Å². The molecule has 1 aliphatic heterocycles. The number of amides is 1. The van der Waals surface area contributed by atoms with Gasteiger partial charge in [-0.15, -0.1) is 0 Å². The standard InChI is InChI=1S/C14H14ClN3O3S/c1-2-10-7-13-12(8-16-17-13)14(19)18(10)22(20,21)11-5-3-9(15)4-6-11/h3-6,8,10H,2,7H2,1H3,(H,16,17). The average Bonchev–Trinajstić information content (AvgIpc) is 2.96. The third-order valence-corrected chi connectivity index (χ3v) is 5.86. The number of H-pyrrole nitrogens is 1. The summed E-state index contributed by atoms with van der Waals surface area (Å²) in [6.07, 6.45) is 2.33. The van der Waals surface area contributed by atoms with Crippen molar-refractivity contribution in [2.75, 3.05) is 0 Å². The molecule has 1 unspecified atom stereocenters. The van der Waals surface area contributed by atoms with Gasteiger partial charge in [-0.25, -0.2) is 12.7 Å². The molecule has 0 bridgehead atoms. The van der Waals surface area contributed by atoms with Gasteiger partial charge < -0.3 is 0 Å². The lowest BCUT2D eigenvalue weighted by Crippen LogP contribution is -2.48. The van der Waals surface area contributed by atoms with Crippen molar-refractivity contribution >= 4 is 27.5 Å². The number of halogens is 1. The number of rotatable bonds is 3. The Morgan fingerprint density at radius 1 is 1.36 bits per heavy atom. The summed E-state index contributed by atoms with van der Waals surface area (Å²) in [4.78, 5) is 12.6. The quantitative estimate of drug-likeness (QED) is 0.929. The number of nitrogens with zero attached hydrogens (tertiary/aromatic N) is 2. The van der Waals surface area contributed by atoms with E-state index in [-0.39, 0.29) is 4.90 Å². The highest BCUT2D eigenvalue weighted by atomic mass is 35.5. The Morgan fingerprint density at radius 3 is 2.68 bits per heavy atom. The van der Waals surface area contributed by atoms with Crippen LogP contribution in [0.25, 0.3) is 0 Å². The fourth-order valence-electron chi connectivity index (χ4n) is 2.59. The highest BCUT2D eigenvalue weighted by Crippen LogP contribution is 2.29. The van der Waals surface area contributed by atoms with Crippen molar-refractivity contribution in [3.8, 4) is 0 Å². The summed E-state index contributed by atoms with van der Waals surface area (Å²) >= 11 is 5.80. The second kappa shape index (κ2) is 5.40. The third kappa shape index (κ3) is 2.30. The molecule has 22 heavy (non-hydrogen) atoms. The molecule has 0 saturated carbocycles. The van der Waals surface area contributed by atoms with Gasteiger partial charge in [0.25, 0.3) is 15.9 Å². The second-order valence-corrected chi connectivity index (χ2v) is 7.34. The van der Waals surface area contributed by atoms with Crippen molar-refractivity contribution in [3.05, 3.63) is 46.7 Å². The predicted molar refractivity (Wildman–Crippen MR) is 81.2 cm³/mol. The molecular weight excluding hydrogens is 326 g/mol. The van der Waals surface area contributed by atoms with Crippen molar-refractivity contribution in [2.24, 2.45) is 0 Å². The smallest absolute Gasteiger partial charge is 0.271 e. The average molecular weight is 340 g/mol. The zero-order valence-corrected chi connectivity index (χ0v) is 13.4. The van der Waals surface area contributed by atoms with Crippen molar-refractivity contribution in [1.82, 2.24) is 14.5 Å². The van der Waals surface area contributed by atoms with Gasteiger partial charge in [0, 0.05) is 11.4 Å². The monoisotopic (exact) mass is 339 g/mol. The van der Waals surface area contributed by atoms with Crippen LogP contribution in [-0.2, 0) is 16.4 Å². The summed E-state index contributed by atoms with van der Waals surface area (Å²) in [5, 5.41) is 7.04. The van der Waals surface area contributed by atoms with Crippen LogP contribution >= 0.6 is 11.6 Å². The highest BCUT2D eigenvalue weighted by Gasteiger charge is 2.40. The Bertz CT molecular complexity index is 814. The van der Waals surface area contributed by atoms with Crippen LogP contribution in [0.5, 0.6) is 0 Å². The Balaban J connectivity index is 2.09. The molecule has 116 valence electrons. The van der Waals surface area contributed by atoms with Crippen LogP contribution < -0.4 is 0 Å². The van der Waals surface area contributed by atoms with E-state index in [0.717, 1.165) is 4.31 Å². The number of nitrogens with one attached hydrogen (secondary N) is 1. The van der Waals surface area contributed by atoms with Crippen LogP contribution in [0.15, 0.2) is 35.4 Å². The molecule has 2 aromatic rings. The van der Waals surface area contributed by atoms with Crippen molar-refractivity contribution < 1.29 is 13.2 Å². The Labute approximate surface area is 133 Å². The molecule has 6 nitrogen and oxygen atoms in total. The minimum absolute atomic E-state index is 0.0515. The van der Waals surface area contributed by atoms with Gasteiger partial charge in [-0.1, -0.05) is 18.5 Å². The van der Waals surface area contributed by atoms with E-state index in [4.69, 9.17) is 11.6 Å². The number of carbonyl (C=O) groups is 1. The summed E-state index contributed by atoms with van der Waals surface area (Å²) < 4.78 is 26.6. The number of sulfonamides is 1. The Kier molecular flexibility index (Phi) is 3.70. The molecule has 1 amide bonds. The van der Waals surface area contributed by atoms with E-state index in [1.807, 2.05) is 6.92 Å². The number of aromatic amines is 1. The maximum atomic E-state index is 12.8. The van der Waals surface area contributed by atoms with Crippen molar-refractivity contribution in [3.63, 3.8) is 0 Å². The first-order valence-electron chi connectivity index (χ1n) is 6.81. The van der Waals surface area contributed by atoms with Gasteiger partial charge in [-0.05, 0) is 30.7 Å². The predicted octanol–water partition coefficient (Wildman–Crippen LogP) is 2.23. The van der Waals surface area contributed by atoms with Crippen LogP contribution in [0.1, 0.15) is 29.4 Å². The molecule has 0 fully saturated rings. The summed E-state index contributed by atoms with van der Waals surface area (Å²) in [6.45, 7) is 1.85. The van der Waals surface area contributed by atoms with E-state index in [1.165, 1.54) is 30.5 Å². The summed E-state index contributed by atoms with van der Waals surface area (Å²) in [7, 11) is -3.93. The number of fused-ring (bicyclic) bond motifs is 1. The lowest BCUT2D eigenvalue weighted by atomic mass is 10.0. The molecule has 1 aromatic carbocycles.